The fourth-order valence-electron chi connectivity index (χ4n) is 1.96. The summed E-state index contributed by atoms with van der Waals surface area (Å²) >= 11 is 0. The number of carboxylic acids is 1. The van der Waals surface area contributed by atoms with Gasteiger partial charge in [-0.15, -0.1) is 0 Å². The lowest BCUT2D eigenvalue weighted by atomic mass is 9.89. The number of nitrogens with zero attached hydrogens (tertiary/aromatic N) is 1. The third kappa shape index (κ3) is 3.71. The summed E-state index contributed by atoms with van der Waals surface area (Å²) < 4.78 is 11.7. The van der Waals surface area contributed by atoms with Crippen LogP contribution in [0.4, 0.5) is 0 Å². The molecule has 5 nitrogen and oxygen atoms in total. The van der Waals surface area contributed by atoms with Gasteiger partial charge < -0.3 is 14.4 Å². The molecule has 1 fully saturated rings. The Labute approximate surface area is 125 Å². The molecule has 112 valence electrons. The van der Waals surface area contributed by atoms with Crippen LogP contribution in [-0.4, -0.2) is 34.4 Å². The van der Waals surface area contributed by atoms with Crippen molar-refractivity contribution in [2.45, 2.75) is 45.3 Å². The molecule has 0 aliphatic carbocycles. The van der Waals surface area contributed by atoms with Crippen molar-refractivity contribution in [3.8, 4) is 0 Å². The Morgan fingerprint density at radius 3 is 2.38 bits per heavy atom. The Kier molecular flexibility index (Phi) is 4.21. The third-order valence-electron chi connectivity index (χ3n) is 3.90. The first kappa shape index (κ1) is 15.7. The van der Waals surface area contributed by atoms with Gasteiger partial charge in [0.05, 0.1) is 23.3 Å². The van der Waals surface area contributed by atoms with E-state index in [1.54, 1.807) is 18.3 Å². The fourth-order valence-corrected chi connectivity index (χ4v) is 1.96. The maximum atomic E-state index is 10.6. The molecule has 0 radical (unpaired) electrons. The topological polar surface area (TPSA) is 68.7 Å². The van der Waals surface area contributed by atoms with E-state index < -0.39 is 13.1 Å². The van der Waals surface area contributed by atoms with Gasteiger partial charge in [-0.3, -0.25) is 9.78 Å². The second-order valence-electron chi connectivity index (χ2n) is 6.15. The van der Waals surface area contributed by atoms with E-state index in [4.69, 9.17) is 14.4 Å². The predicted octanol–water partition coefficient (Wildman–Crippen LogP) is 2.35. The molecule has 0 spiro atoms. The summed E-state index contributed by atoms with van der Waals surface area (Å²) in [6, 6.07) is 3.53. The summed E-state index contributed by atoms with van der Waals surface area (Å²) in [6.45, 7) is 8.00. The first-order valence-corrected chi connectivity index (χ1v) is 6.90. The highest BCUT2D eigenvalue weighted by molar-refractivity contribution is 6.52. The van der Waals surface area contributed by atoms with Crippen molar-refractivity contribution >= 4 is 19.2 Å². The molecular formula is C15H20BNO4. The summed E-state index contributed by atoms with van der Waals surface area (Å²) in [5.41, 5.74) is 0.691. The first-order valence-electron chi connectivity index (χ1n) is 6.90. The standard InChI is InChI=1S/C15H20BNO4/c1-14(2)15(3,4)21-16(20-14)8-7-12-6-5-11(10-17-12)9-13(18)19/h5-8,10H,9H2,1-4H3,(H,18,19)/b8-7+. The normalized spacial score (nSPS) is 20.1. The van der Waals surface area contributed by atoms with Gasteiger partial charge >= 0.3 is 13.1 Å². The van der Waals surface area contributed by atoms with Crippen LogP contribution in [0, 0.1) is 0 Å². The van der Waals surface area contributed by atoms with E-state index in [1.165, 1.54) is 0 Å². The van der Waals surface area contributed by atoms with Crippen LogP contribution in [0.1, 0.15) is 39.0 Å². The zero-order valence-electron chi connectivity index (χ0n) is 12.8. The molecule has 6 heteroatoms. The molecule has 0 atom stereocenters. The minimum atomic E-state index is -0.864. The molecule has 0 unspecified atom stereocenters. The second-order valence-corrected chi connectivity index (χ2v) is 6.15. The third-order valence-corrected chi connectivity index (χ3v) is 3.90. The lowest BCUT2D eigenvalue weighted by Crippen LogP contribution is -2.41. The van der Waals surface area contributed by atoms with Crippen LogP contribution in [0.5, 0.6) is 0 Å². The van der Waals surface area contributed by atoms with E-state index in [0.29, 0.717) is 5.56 Å². The summed E-state index contributed by atoms with van der Waals surface area (Å²) in [4.78, 5) is 14.8. The summed E-state index contributed by atoms with van der Waals surface area (Å²) in [5, 5.41) is 8.71. The number of carbonyl (C=O) groups is 1. The van der Waals surface area contributed by atoms with Gasteiger partial charge in [0.25, 0.3) is 0 Å². The lowest BCUT2D eigenvalue weighted by Gasteiger charge is -2.32. The Morgan fingerprint density at radius 2 is 1.90 bits per heavy atom. The van der Waals surface area contributed by atoms with Crippen molar-refractivity contribution in [1.82, 2.24) is 4.98 Å². The lowest BCUT2D eigenvalue weighted by molar-refractivity contribution is -0.136. The molecule has 1 aromatic rings. The maximum Gasteiger partial charge on any atom is 0.487 e. The van der Waals surface area contributed by atoms with Gasteiger partial charge in [0, 0.05) is 6.20 Å². The molecular weight excluding hydrogens is 269 g/mol. The van der Waals surface area contributed by atoms with Crippen LogP contribution >= 0.6 is 0 Å². The summed E-state index contributed by atoms with van der Waals surface area (Å²) in [7, 11) is -0.407. The number of aromatic nitrogens is 1. The van der Waals surface area contributed by atoms with Crippen molar-refractivity contribution in [3.05, 3.63) is 35.6 Å². The van der Waals surface area contributed by atoms with Gasteiger partial charge in [0.15, 0.2) is 0 Å². The molecule has 1 aliphatic rings. The monoisotopic (exact) mass is 289 g/mol. The highest BCUT2D eigenvalue weighted by Gasteiger charge is 2.49. The SMILES string of the molecule is CC1(C)OB(/C=C/c2ccc(CC(=O)O)cn2)OC1(C)C. The fraction of sp³-hybridized carbons (Fsp3) is 0.467. The van der Waals surface area contributed by atoms with Gasteiger partial charge in [0.2, 0.25) is 0 Å². The Morgan fingerprint density at radius 1 is 1.29 bits per heavy atom. The molecule has 1 N–H and O–H groups in total. The number of rotatable bonds is 4. The molecule has 2 rings (SSSR count). The molecule has 21 heavy (non-hydrogen) atoms. The average Bonchev–Trinajstić information content (AvgIpc) is 2.56. The van der Waals surface area contributed by atoms with Crippen molar-refractivity contribution in [3.63, 3.8) is 0 Å². The van der Waals surface area contributed by atoms with Gasteiger partial charge in [-0.2, -0.15) is 0 Å². The smallest absolute Gasteiger partial charge is 0.481 e. The maximum absolute atomic E-state index is 10.6. The second kappa shape index (κ2) is 5.62. The predicted molar refractivity (Wildman–Crippen MR) is 80.7 cm³/mol. The van der Waals surface area contributed by atoms with Gasteiger partial charge in [-0.1, -0.05) is 12.0 Å². The Balaban J connectivity index is 2.01. The van der Waals surface area contributed by atoms with E-state index in [1.807, 2.05) is 39.7 Å². The number of hydrogen-bond donors (Lipinski definition) is 1. The van der Waals surface area contributed by atoms with Gasteiger partial charge in [0.1, 0.15) is 0 Å². The highest BCUT2D eigenvalue weighted by Crippen LogP contribution is 2.36. The number of pyridine rings is 1. The molecule has 1 aliphatic heterocycles. The molecule has 1 aromatic heterocycles. The van der Waals surface area contributed by atoms with Crippen LogP contribution in [-0.2, 0) is 20.5 Å². The quantitative estimate of drug-likeness (QED) is 0.862. The van der Waals surface area contributed by atoms with E-state index in [9.17, 15) is 4.79 Å². The number of carboxylic acid groups (broad SMARTS) is 1. The van der Waals surface area contributed by atoms with E-state index in [-0.39, 0.29) is 17.6 Å². The van der Waals surface area contributed by atoms with Gasteiger partial charge in [-0.05, 0) is 45.4 Å². The van der Waals surface area contributed by atoms with Crippen LogP contribution in [0.3, 0.4) is 0 Å². The number of aliphatic carboxylic acids is 1. The summed E-state index contributed by atoms with van der Waals surface area (Å²) in [5.74, 6) is 0.952. The first-order chi connectivity index (χ1) is 9.69. The van der Waals surface area contributed by atoms with Gasteiger partial charge in [-0.25, -0.2) is 0 Å². The van der Waals surface area contributed by atoms with E-state index >= 15 is 0 Å². The minimum Gasteiger partial charge on any atom is -0.481 e. The van der Waals surface area contributed by atoms with Crippen LogP contribution in [0.15, 0.2) is 24.3 Å². The van der Waals surface area contributed by atoms with Crippen molar-refractivity contribution in [2.24, 2.45) is 0 Å². The molecule has 1 saturated heterocycles. The zero-order chi connectivity index (χ0) is 15.7. The Hall–Kier alpha value is -1.66. The minimum absolute atomic E-state index is 0.0196. The van der Waals surface area contributed by atoms with Crippen LogP contribution < -0.4 is 0 Å². The van der Waals surface area contributed by atoms with Crippen molar-refractivity contribution < 1.29 is 19.2 Å². The largest absolute Gasteiger partial charge is 0.487 e. The summed E-state index contributed by atoms with van der Waals surface area (Å²) in [6.07, 6.45) is 3.36. The molecule has 0 bridgehead atoms. The van der Waals surface area contributed by atoms with Crippen LogP contribution in [0.2, 0.25) is 0 Å². The Bertz CT molecular complexity index is 535. The van der Waals surface area contributed by atoms with Crippen LogP contribution in [0.25, 0.3) is 6.08 Å². The average molecular weight is 289 g/mol. The molecule has 2 heterocycles. The highest BCUT2D eigenvalue weighted by atomic mass is 16.7. The number of hydrogen-bond acceptors (Lipinski definition) is 4. The molecule has 0 saturated carbocycles. The molecule has 0 amide bonds. The zero-order valence-corrected chi connectivity index (χ0v) is 12.8. The van der Waals surface area contributed by atoms with E-state index in [0.717, 1.165) is 5.69 Å². The van der Waals surface area contributed by atoms with Crippen molar-refractivity contribution in [1.29, 1.82) is 0 Å². The van der Waals surface area contributed by atoms with E-state index in [2.05, 4.69) is 4.98 Å². The molecule has 0 aromatic carbocycles. The van der Waals surface area contributed by atoms with Crippen molar-refractivity contribution in [2.75, 3.05) is 0 Å².